The summed E-state index contributed by atoms with van der Waals surface area (Å²) in [5.74, 6) is 0.0594. The number of benzene rings is 3. The van der Waals surface area contributed by atoms with Gasteiger partial charge in [0.2, 0.25) is 0 Å². The zero-order chi connectivity index (χ0) is 22.6. The smallest absolute Gasteiger partial charge is 0.124 e. The van der Waals surface area contributed by atoms with Gasteiger partial charge in [0, 0.05) is 17.2 Å². The van der Waals surface area contributed by atoms with E-state index in [4.69, 9.17) is 15.6 Å². The van der Waals surface area contributed by atoms with Crippen LogP contribution in [0.1, 0.15) is 56.5 Å². The minimum atomic E-state index is 0.00722. The lowest BCUT2D eigenvalue weighted by Gasteiger charge is -1.96. The molecule has 0 saturated carbocycles. The lowest BCUT2D eigenvalue weighted by Crippen LogP contribution is -1.79. The molecule has 4 aromatic rings. The minimum absolute atomic E-state index is 0.00722. The SMILES string of the molecule is CCCCCCC.Cc1nc2c(ccc3ccccc32)s1.N=Cc1cc(O)ccc1O. The Labute approximate surface area is 188 Å². The average molecular weight is 437 g/mol. The van der Waals surface area contributed by atoms with E-state index in [0.29, 0.717) is 5.56 Å². The van der Waals surface area contributed by atoms with Gasteiger partial charge in [0.15, 0.2) is 0 Å². The molecule has 0 amide bonds. The first-order valence-corrected chi connectivity index (χ1v) is 11.6. The van der Waals surface area contributed by atoms with Gasteiger partial charge in [-0.25, -0.2) is 4.98 Å². The molecule has 3 aromatic carbocycles. The second kappa shape index (κ2) is 12.7. The number of nitrogens with zero attached hydrogens (tertiary/aromatic N) is 1. The first kappa shape index (κ1) is 24.4. The van der Waals surface area contributed by atoms with E-state index in [1.54, 1.807) is 11.3 Å². The number of unbranched alkanes of at least 4 members (excludes halogenated alkanes) is 4. The standard InChI is InChI=1S/C12H9NS.C7H7NO2.C7H16/c1-8-13-12-10-5-3-2-4-9(10)6-7-11(12)14-8;8-4-5-3-6(9)1-2-7(5)10;1-3-5-7-6-4-2/h2-7H,1H3;1-4,8-10H;3-7H2,1-2H3. The van der Waals surface area contributed by atoms with Crippen molar-refractivity contribution in [2.75, 3.05) is 0 Å². The quantitative estimate of drug-likeness (QED) is 0.169. The molecule has 0 fully saturated rings. The Hall–Kier alpha value is -2.92. The second-order valence-corrected chi connectivity index (χ2v) is 8.55. The third-order valence-corrected chi connectivity index (χ3v) is 5.70. The molecule has 0 radical (unpaired) electrons. The number of rotatable bonds is 5. The highest BCUT2D eigenvalue weighted by atomic mass is 32.1. The average Bonchev–Trinajstić information content (AvgIpc) is 3.17. The van der Waals surface area contributed by atoms with Crippen LogP contribution in [0.3, 0.4) is 0 Å². The van der Waals surface area contributed by atoms with E-state index in [9.17, 15) is 0 Å². The van der Waals surface area contributed by atoms with Crippen LogP contribution < -0.4 is 0 Å². The van der Waals surface area contributed by atoms with Crippen LogP contribution in [-0.4, -0.2) is 21.4 Å². The largest absolute Gasteiger partial charge is 0.508 e. The molecule has 0 aliphatic carbocycles. The van der Waals surface area contributed by atoms with Crippen molar-refractivity contribution >= 4 is 38.5 Å². The molecule has 31 heavy (non-hydrogen) atoms. The maximum Gasteiger partial charge on any atom is 0.124 e. The van der Waals surface area contributed by atoms with Gasteiger partial charge in [0.25, 0.3) is 0 Å². The van der Waals surface area contributed by atoms with E-state index in [0.717, 1.165) is 16.7 Å². The first-order chi connectivity index (χ1) is 15.0. The zero-order valence-electron chi connectivity index (χ0n) is 18.6. The number of fused-ring (bicyclic) bond motifs is 3. The Bertz CT molecular complexity index is 1100. The molecule has 0 unspecified atom stereocenters. The third kappa shape index (κ3) is 7.37. The highest BCUT2D eigenvalue weighted by Crippen LogP contribution is 2.28. The zero-order valence-corrected chi connectivity index (χ0v) is 19.4. The summed E-state index contributed by atoms with van der Waals surface area (Å²) in [5.41, 5.74) is 1.46. The molecular weight excluding hydrogens is 404 g/mol. The maximum atomic E-state index is 8.97. The van der Waals surface area contributed by atoms with E-state index in [1.165, 1.54) is 65.8 Å². The van der Waals surface area contributed by atoms with Crippen LogP contribution >= 0.6 is 11.3 Å². The molecule has 4 rings (SSSR count). The number of nitrogens with one attached hydrogen (secondary N) is 1. The fourth-order valence-electron chi connectivity index (χ4n) is 3.11. The van der Waals surface area contributed by atoms with Gasteiger partial charge < -0.3 is 15.6 Å². The molecular formula is C26H32N2O2S. The van der Waals surface area contributed by atoms with Gasteiger partial charge in [0.05, 0.1) is 15.2 Å². The number of aromatic hydroxyl groups is 2. The molecule has 0 spiro atoms. The highest BCUT2D eigenvalue weighted by molar-refractivity contribution is 7.18. The maximum absolute atomic E-state index is 8.97. The van der Waals surface area contributed by atoms with Crippen molar-refractivity contribution in [3.8, 4) is 11.5 Å². The van der Waals surface area contributed by atoms with Gasteiger partial charge in [0.1, 0.15) is 11.5 Å². The van der Waals surface area contributed by atoms with Crippen molar-refractivity contribution in [2.24, 2.45) is 0 Å². The fraction of sp³-hybridized carbons (Fsp3) is 0.308. The van der Waals surface area contributed by atoms with Crippen molar-refractivity contribution in [1.29, 1.82) is 5.41 Å². The van der Waals surface area contributed by atoms with E-state index in [2.05, 4.69) is 62.2 Å². The summed E-state index contributed by atoms with van der Waals surface area (Å²) in [6.07, 6.45) is 7.99. The molecule has 0 aliphatic rings. The van der Waals surface area contributed by atoms with Crippen LogP contribution in [0.25, 0.3) is 21.0 Å². The molecule has 0 aliphatic heterocycles. The van der Waals surface area contributed by atoms with Crippen LogP contribution in [-0.2, 0) is 0 Å². The number of aryl methyl sites for hydroxylation is 1. The Morgan fingerprint density at radius 1 is 0.935 bits per heavy atom. The summed E-state index contributed by atoms with van der Waals surface area (Å²) in [6.45, 7) is 6.55. The van der Waals surface area contributed by atoms with Crippen LogP contribution in [0.2, 0.25) is 0 Å². The molecule has 0 bridgehead atoms. The lowest BCUT2D eigenvalue weighted by atomic mass is 10.1. The number of hydrogen-bond acceptors (Lipinski definition) is 5. The predicted molar refractivity (Wildman–Crippen MR) is 134 cm³/mol. The summed E-state index contributed by atoms with van der Waals surface area (Å²) in [7, 11) is 0. The van der Waals surface area contributed by atoms with Crippen LogP contribution in [0.4, 0.5) is 0 Å². The number of hydrogen-bond donors (Lipinski definition) is 3. The third-order valence-electron chi connectivity index (χ3n) is 4.76. The van der Waals surface area contributed by atoms with E-state index in [-0.39, 0.29) is 11.5 Å². The van der Waals surface area contributed by atoms with Gasteiger partial charge in [-0.05, 0) is 36.6 Å². The predicted octanol–water partition coefficient (Wildman–Crippen LogP) is 7.83. The topological polar surface area (TPSA) is 77.2 Å². The lowest BCUT2D eigenvalue weighted by molar-refractivity contribution is 0.459. The first-order valence-electron chi connectivity index (χ1n) is 10.8. The number of thiazole rings is 1. The molecule has 0 saturated heterocycles. The molecule has 1 aromatic heterocycles. The molecule has 1 heterocycles. The van der Waals surface area contributed by atoms with E-state index in [1.807, 2.05) is 0 Å². The fourth-order valence-corrected chi connectivity index (χ4v) is 3.95. The van der Waals surface area contributed by atoms with Crippen molar-refractivity contribution in [3.05, 3.63) is 65.2 Å². The molecule has 164 valence electrons. The van der Waals surface area contributed by atoms with E-state index >= 15 is 0 Å². The summed E-state index contributed by atoms with van der Waals surface area (Å²) < 4.78 is 1.28. The summed E-state index contributed by atoms with van der Waals surface area (Å²) >= 11 is 1.76. The number of phenolic OH excluding ortho intramolecular Hbond substituents is 2. The summed E-state index contributed by atoms with van der Waals surface area (Å²) in [4.78, 5) is 4.56. The minimum Gasteiger partial charge on any atom is -0.508 e. The summed E-state index contributed by atoms with van der Waals surface area (Å²) in [5, 5.41) is 28.3. The Kier molecular flexibility index (Phi) is 9.98. The van der Waals surface area contributed by atoms with Crippen molar-refractivity contribution < 1.29 is 10.2 Å². The van der Waals surface area contributed by atoms with Crippen LogP contribution in [0, 0.1) is 12.3 Å². The Morgan fingerprint density at radius 2 is 1.65 bits per heavy atom. The molecule has 4 nitrogen and oxygen atoms in total. The Balaban J connectivity index is 0.000000178. The Morgan fingerprint density at radius 3 is 2.29 bits per heavy atom. The number of phenols is 2. The highest BCUT2D eigenvalue weighted by Gasteiger charge is 2.03. The van der Waals surface area contributed by atoms with Gasteiger partial charge in [-0.15, -0.1) is 11.3 Å². The normalized spacial score (nSPS) is 10.2. The van der Waals surface area contributed by atoms with Crippen LogP contribution in [0.15, 0.2) is 54.6 Å². The second-order valence-electron chi connectivity index (χ2n) is 7.31. The molecule has 0 atom stereocenters. The van der Waals surface area contributed by atoms with Gasteiger partial charge >= 0.3 is 0 Å². The monoisotopic (exact) mass is 436 g/mol. The van der Waals surface area contributed by atoms with Gasteiger partial charge in [-0.2, -0.15) is 0 Å². The molecule has 3 N–H and O–H groups in total. The van der Waals surface area contributed by atoms with Crippen LogP contribution in [0.5, 0.6) is 11.5 Å². The van der Waals surface area contributed by atoms with Crippen molar-refractivity contribution in [3.63, 3.8) is 0 Å². The molecule has 5 heteroatoms. The van der Waals surface area contributed by atoms with Crippen molar-refractivity contribution in [1.82, 2.24) is 4.98 Å². The summed E-state index contributed by atoms with van der Waals surface area (Å²) in [6, 6.07) is 16.7. The van der Waals surface area contributed by atoms with Crippen molar-refractivity contribution in [2.45, 2.75) is 52.9 Å². The van der Waals surface area contributed by atoms with Gasteiger partial charge in [-0.3, -0.25) is 0 Å². The van der Waals surface area contributed by atoms with Gasteiger partial charge in [-0.1, -0.05) is 76.3 Å². The number of aromatic nitrogens is 1. The van der Waals surface area contributed by atoms with E-state index < -0.39 is 0 Å².